The minimum atomic E-state index is -4.45. The van der Waals surface area contributed by atoms with E-state index in [4.69, 9.17) is 5.73 Å². The number of hydrogen-bond donors (Lipinski definition) is 2. The van der Waals surface area contributed by atoms with Crippen LogP contribution >= 0.6 is 0 Å². The van der Waals surface area contributed by atoms with Crippen LogP contribution in [0, 0.1) is 0 Å². The van der Waals surface area contributed by atoms with Crippen molar-refractivity contribution in [2.75, 3.05) is 18.4 Å². The smallest absolute Gasteiger partial charge is 0.351 e. The van der Waals surface area contributed by atoms with Gasteiger partial charge in [0.1, 0.15) is 0 Å². The van der Waals surface area contributed by atoms with Gasteiger partial charge < -0.3 is 11.1 Å². The van der Waals surface area contributed by atoms with Crippen molar-refractivity contribution in [2.24, 2.45) is 5.73 Å². The maximum Gasteiger partial charge on any atom is 0.416 e. The molecule has 110 valence electrons. The van der Waals surface area contributed by atoms with Crippen molar-refractivity contribution in [1.29, 1.82) is 0 Å². The Kier molecular flexibility index (Phi) is 4.17. The van der Waals surface area contributed by atoms with E-state index in [1.165, 1.54) is 12.1 Å². The highest BCUT2D eigenvalue weighted by Gasteiger charge is 2.34. The van der Waals surface area contributed by atoms with Gasteiger partial charge in [-0.25, -0.2) is 4.79 Å². The summed E-state index contributed by atoms with van der Waals surface area (Å²) < 4.78 is 39.2. The van der Waals surface area contributed by atoms with Gasteiger partial charge in [-0.15, -0.1) is 0 Å². The van der Waals surface area contributed by atoms with Crippen LogP contribution in [0.4, 0.5) is 23.7 Å². The fourth-order valence-electron chi connectivity index (χ4n) is 2.38. The Morgan fingerprint density at radius 3 is 2.50 bits per heavy atom. The van der Waals surface area contributed by atoms with Crippen molar-refractivity contribution >= 4 is 11.7 Å². The van der Waals surface area contributed by atoms with Crippen LogP contribution in [0.3, 0.4) is 0 Å². The number of rotatable bonds is 3. The molecule has 2 rings (SSSR count). The van der Waals surface area contributed by atoms with Gasteiger partial charge in [-0.1, -0.05) is 6.07 Å². The van der Waals surface area contributed by atoms with Gasteiger partial charge in [-0.05, 0) is 43.6 Å². The summed E-state index contributed by atoms with van der Waals surface area (Å²) >= 11 is 0. The van der Waals surface area contributed by atoms with Crippen molar-refractivity contribution < 1.29 is 18.0 Å². The Hall–Kier alpha value is -1.76. The fraction of sp³-hybridized carbons (Fsp3) is 0.462. The van der Waals surface area contributed by atoms with E-state index in [9.17, 15) is 18.0 Å². The van der Waals surface area contributed by atoms with Crippen LogP contribution in [0.15, 0.2) is 18.2 Å². The second-order valence-corrected chi connectivity index (χ2v) is 4.84. The Morgan fingerprint density at radius 1 is 1.30 bits per heavy atom. The van der Waals surface area contributed by atoms with Crippen LogP contribution in [0.25, 0.3) is 0 Å². The van der Waals surface area contributed by atoms with E-state index in [1.807, 2.05) is 4.90 Å². The third kappa shape index (κ3) is 3.63. The minimum absolute atomic E-state index is 0.0509. The quantitative estimate of drug-likeness (QED) is 0.898. The van der Waals surface area contributed by atoms with Crippen molar-refractivity contribution in [2.45, 2.75) is 25.6 Å². The molecule has 3 N–H and O–H groups in total. The van der Waals surface area contributed by atoms with E-state index >= 15 is 0 Å². The molecule has 0 unspecified atom stereocenters. The molecule has 1 aliphatic rings. The first kappa shape index (κ1) is 14.6. The standard InChI is InChI=1S/C13H16F3N3O/c14-13(15,16)11-7-10(18-12(17)20)4-3-9(11)8-19-5-1-2-6-19/h3-4,7H,1-2,5-6,8H2,(H3,17,18,20). The number of anilines is 1. The number of primary amides is 1. The third-order valence-electron chi connectivity index (χ3n) is 3.28. The predicted molar refractivity (Wildman–Crippen MR) is 69.2 cm³/mol. The molecule has 1 heterocycles. The van der Waals surface area contributed by atoms with E-state index in [0.717, 1.165) is 32.0 Å². The summed E-state index contributed by atoms with van der Waals surface area (Å²) in [7, 11) is 0. The van der Waals surface area contributed by atoms with Crippen molar-refractivity contribution in [3.8, 4) is 0 Å². The van der Waals surface area contributed by atoms with Gasteiger partial charge in [-0.3, -0.25) is 4.90 Å². The summed E-state index contributed by atoms with van der Waals surface area (Å²) in [5, 5.41) is 2.16. The molecule has 1 saturated heterocycles. The summed E-state index contributed by atoms with van der Waals surface area (Å²) in [5.74, 6) is 0. The number of urea groups is 1. The molecule has 1 fully saturated rings. The highest BCUT2D eigenvalue weighted by atomic mass is 19.4. The maximum atomic E-state index is 13.1. The second-order valence-electron chi connectivity index (χ2n) is 4.84. The van der Waals surface area contributed by atoms with Crippen molar-refractivity contribution in [3.05, 3.63) is 29.3 Å². The zero-order valence-corrected chi connectivity index (χ0v) is 10.8. The lowest BCUT2D eigenvalue weighted by Gasteiger charge is -2.19. The zero-order chi connectivity index (χ0) is 14.8. The Labute approximate surface area is 114 Å². The third-order valence-corrected chi connectivity index (χ3v) is 3.28. The molecule has 2 amide bonds. The zero-order valence-electron chi connectivity index (χ0n) is 10.8. The first-order chi connectivity index (χ1) is 9.36. The number of carbonyl (C=O) groups excluding carboxylic acids is 1. The van der Waals surface area contributed by atoms with Gasteiger partial charge in [0.25, 0.3) is 0 Å². The molecule has 0 aromatic heterocycles. The number of carbonyl (C=O) groups is 1. The van der Waals surface area contributed by atoms with Crippen LogP contribution in [0.1, 0.15) is 24.0 Å². The number of nitrogens with zero attached hydrogens (tertiary/aromatic N) is 1. The fourth-order valence-corrected chi connectivity index (χ4v) is 2.38. The van der Waals surface area contributed by atoms with Gasteiger partial charge in [0.2, 0.25) is 0 Å². The number of amides is 2. The molecular formula is C13H16F3N3O. The number of benzene rings is 1. The predicted octanol–water partition coefficient (Wildman–Crippen LogP) is 2.79. The van der Waals surface area contributed by atoms with Crippen LogP contribution in [-0.4, -0.2) is 24.0 Å². The number of nitrogens with one attached hydrogen (secondary N) is 1. The van der Waals surface area contributed by atoms with E-state index in [2.05, 4.69) is 5.32 Å². The molecular weight excluding hydrogens is 271 g/mol. The summed E-state index contributed by atoms with van der Waals surface area (Å²) in [6, 6.07) is 2.87. The molecule has 7 heteroatoms. The Morgan fingerprint density at radius 2 is 1.95 bits per heavy atom. The summed E-state index contributed by atoms with van der Waals surface area (Å²) in [5.41, 5.74) is 4.46. The lowest BCUT2D eigenvalue weighted by molar-refractivity contribution is -0.138. The number of alkyl halides is 3. The SMILES string of the molecule is NC(=O)Nc1ccc(CN2CCCC2)c(C(F)(F)F)c1. The van der Waals surface area contributed by atoms with E-state index in [0.29, 0.717) is 0 Å². The molecule has 0 saturated carbocycles. The summed E-state index contributed by atoms with van der Waals surface area (Å²) in [4.78, 5) is 12.7. The maximum absolute atomic E-state index is 13.1. The summed E-state index contributed by atoms with van der Waals surface area (Å²) in [6.45, 7) is 1.91. The van der Waals surface area contributed by atoms with Crippen molar-refractivity contribution in [1.82, 2.24) is 4.90 Å². The molecule has 0 spiro atoms. The first-order valence-electron chi connectivity index (χ1n) is 6.35. The van der Waals surface area contributed by atoms with Gasteiger partial charge in [0, 0.05) is 12.2 Å². The monoisotopic (exact) mass is 287 g/mol. The number of halogens is 3. The molecule has 1 aromatic carbocycles. The van der Waals surface area contributed by atoms with Gasteiger partial charge in [0.05, 0.1) is 5.56 Å². The molecule has 0 radical (unpaired) electrons. The number of nitrogens with two attached hydrogens (primary N) is 1. The molecule has 0 aliphatic carbocycles. The van der Waals surface area contributed by atoms with E-state index < -0.39 is 17.8 Å². The normalized spacial score (nSPS) is 16.4. The average molecular weight is 287 g/mol. The molecule has 0 atom stereocenters. The second kappa shape index (κ2) is 5.70. The number of hydrogen-bond acceptors (Lipinski definition) is 2. The average Bonchev–Trinajstić information content (AvgIpc) is 2.82. The molecule has 0 bridgehead atoms. The van der Waals surface area contributed by atoms with Crippen molar-refractivity contribution in [3.63, 3.8) is 0 Å². The molecule has 4 nitrogen and oxygen atoms in total. The van der Waals surface area contributed by atoms with E-state index in [1.54, 1.807) is 0 Å². The lowest BCUT2D eigenvalue weighted by Crippen LogP contribution is -2.22. The first-order valence-corrected chi connectivity index (χ1v) is 6.35. The summed E-state index contributed by atoms with van der Waals surface area (Å²) in [6.07, 6.45) is -2.42. The largest absolute Gasteiger partial charge is 0.416 e. The molecule has 20 heavy (non-hydrogen) atoms. The Bertz CT molecular complexity index is 496. The lowest BCUT2D eigenvalue weighted by atomic mass is 10.1. The number of likely N-dealkylation sites (tertiary alicyclic amines) is 1. The minimum Gasteiger partial charge on any atom is -0.351 e. The van der Waals surface area contributed by atoms with E-state index in [-0.39, 0.29) is 17.8 Å². The van der Waals surface area contributed by atoms with Crippen LogP contribution in [0.5, 0.6) is 0 Å². The van der Waals surface area contributed by atoms with Gasteiger partial charge in [-0.2, -0.15) is 13.2 Å². The van der Waals surface area contributed by atoms with Gasteiger partial charge in [0.15, 0.2) is 0 Å². The van der Waals surface area contributed by atoms with Crippen LogP contribution < -0.4 is 11.1 Å². The van der Waals surface area contributed by atoms with Gasteiger partial charge >= 0.3 is 12.2 Å². The Balaban J connectivity index is 2.27. The topological polar surface area (TPSA) is 58.4 Å². The highest BCUT2D eigenvalue weighted by molar-refractivity contribution is 5.87. The highest BCUT2D eigenvalue weighted by Crippen LogP contribution is 2.34. The molecule has 1 aromatic rings. The van der Waals surface area contributed by atoms with Crippen LogP contribution in [-0.2, 0) is 12.7 Å². The van der Waals surface area contributed by atoms with Crippen LogP contribution in [0.2, 0.25) is 0 Å². The molecule has 1 aliphatic heterocycles.